The van der Waals surface area contributed by atoms with Crippen LogP contribution in [0.3, 0.4) is 0 Å². The van der Waals surface area contributed by atoms with E-state index in [1.54, 1.807) is 6.07 Å². The van der Waals surface area contributed by atoms with E-state index < -0.39 is 22.9 Å². The molecule has 30 heavy (non-hydrogen) atoms. The van der Waals surface area contributed by atoms with Crippen LogP contribution >= 0.6 is 0 Å². The number of aromatic nitrogens is 1. The number of carboxylic acids is 1. The lowest BCUT2D eigenvalue weighted by molar-refractivity contribution is 0.0249. The number of carbonyl (C=O) groups is 1. The first-order chi connectivity index (χ1) is 14.2. The molecule has 2 aliphatic rings. The van der Waals surface area contributed by atoms with Crippen LogP contribution < -0.4 is 11.3 Å². The first kappa shape index (κ1) is 21.0. The number of halogens is 1. The molecular formula is C23H30FN3O3. The number of rotatable bonds is 5. The van der Waals surface area contributed by atoms with Crippen molar-refractivity contribution in [2.45, 2.75) is 64.5 Å². The van der Waals surface area contributed by atoms with Gasteiger partial charge in [0.05, 0.1) is 5.52 Å². The molecule has 1 saturated carbocycles. The average molecular weight is 416 g/mol. The van der Waals surface area contributed by atoms with E-state index in [2.05, 4.69) is 18.7 Å². The standard InChI is InChI=1S/C23H30FN3O3/c1-4-22(5-2)10-15(25)11-26(13-22)23(8-9-23)19-14(3)18-7-6-16(21(29)30)20(28)27(18)12-17(19)24/h6-7,12,15H,4-5,8-11,13,25H2,1-3H3,(H,29,30)/t15-/m0/s1. The molecule has 3 heterocycles. The summed E-state index contributed by atoms with van der Waals surface area (Å²) >= 11 is 0. The lowest BCUT2D eigenvalue weighted by Crippen LogP contribution is -2.55. The summed E-state index contributed by atoms with van der Waals surface area (Å²) in [5, 5.41) is 9.22. The highest BCUT2D eigenvalue weighted by atomic mass is 19.1. The van der Waals surface area contributed by atoms with Gasteiger partial charge >= 0.3 is 5.97 Å². The number of nitrogens with zero attached hydrogens (tertiary/aromatic N) is 2. The molecule has 6 nitrogen and oxygen atoms in total. The van der Waals surface area contributed by atoms with Gasteiger partial charge in [0.25, 0.3) is 5.56 Å². The van der Waals surface area contributed by atoms with Gasteiger partial charge in [-0.1, -0.05) is 13.8 Å². The molecule has 1 aliphatic carbocycles. The van der Waals surface area contributed by atoms with Gasteiger partial charge in [0.1, 0.15) is 11.4 Å². The van der Waals surface area contributed by atoms with Crippen molar-refractivity contribution in [3.63, 3.8) is 0 Å². The Morgan fingerprint density at radius 2 is 1.97 bits per heavy atom. The number of hydrogen-bond donors (Lipinski definition) is 2. The Labute approximate surface area is 175 Å². The van der Waals surface area contributed by atoms with Gasteiger partial charge in [-0.05, 0) is 62.1 Å². The predicted octanol–water partition coefficient (Wildman–Crippen LogP) is 3.27. The molecule has 0 amide bonds. The second-order valence-corrected chi connectivity index (χ2v) is 9.17. The zero-order valence-corrected chi connectivity index (χ0v) is 17.9. The van der Waals surface area contributed by atoms with E-state index in [1.165, 1.54) is 6.07 Å². The average Bonchev–Trinajstić information content (AvgIpc) is 3.49. The monoisotopic (exact) mass is 415 g/mol. The van der Waals surface area contributed by atoms with Crippen LogP contribution in [0.5, 0.6) is 0 Å². The third-order valence-corrected chi connectivity index (χ3v) is 7.56. The van der Waals surface area contributed by atoms with Crippen LogP contribution in [0.25, 0.3) is 5.52 Å². The molecule has 2 aromatic rings. The summed E-state index contributed by atoms with van der Waals surface area (Å²) in [4.78, 5) is 26.2. The van der Waals surface area contributed by atoms with Crippen molar-refractivity contribution in [3.05, 3.63) is 51.2 Å². The Hall–Kier alpha value is -2.25. The zero-order valence-electron chi connectivity index (χ0n) is 17.9. The van der Waals surface area contributed by atoms with Gasteiger partial charge in [-0.15, -0.1) is 0 Å². The van der Waals surface area contributed by atoms with E-state index in [9.17, 15) is 14.7 Å². The largest absolute Gasteiger partial charge is 0.477 e. The van der Waals surface area contributed by atoms with Crippen LogP contribution in [0.1, 0.15) is 67.4 Å². The molecule has 7 heteroatoms. The number of fused-ring (bicyclic) bond motifs is 1. The van der Waals surface area contributed by atoms with E-state index in [4.69, 9.17) is 5.73 Å². The molecular weight excluding hydrogens is 385 g/mol. The number of hydrogen-bond acceptors (Lipinski definition) is 4. The van der Waals surface area contributed by atoms with Gasteiger partial charge < -0.3 is 10.8 Å². The molecule has 2 aromatic heterocycles. The summed E-state index contributed by atoms with van der Waals surface area (Å²) in [6.45, 7) is 7.85. The first-order valence-corrected chi connectivity index (χ1v) is 10.8. The highest BCUT2D eigenvalue weighted by Crippen LogP contribution is 2.55. The highest BCUT2D eigenvalue weighted by molar-refractivity contribution is 5.87. The van der Waals surface area contributed by atoms with Gasteiger partial charge in [0, 0.05) is 36.4 Å². The lowest BCUT2D eigenvalue weighted by Gasteiger charge is -2.48. The summed E-state index contributed by atoms with van der Waals surface area (Å²) < 4.78 is 16.6. The number of aryl methyl sites for hydroxylation is 1. The van der Waals surface area contributed by atoms with E-state index in [0.29, 0.717) is 16.6 Å². The zero-order chi connectivity index (χ0) is 21.8. The Bertz CT molecular complexity index is 1070. The van der Waals surface area contributed by atoms with Crippen molar-refractivity contribution >= 4 is 11.5 Å². The fraction of sp³-hybridized carbons (Fsp3) is 0.565. The summed E-state index contributed by atoms with van der Waals surface area (Å²) in [6, 6.07) is 2.97. The molecule has 0 unspecified atom stereocenters. The number of aromatic carboxylic acids is 1. The minimum atomic E-state index is -1.31. The SMILES string of the molecule is CCC1(CC)C[C@H](N)CN(C2(c3c(F)cn4c(=O)c(C(=O)O)ccc4c3C)CC2)C1. The van der Waals surface area contributed by atoms with Crippen molar-refractivity contribution in [1.29, 1.82) is 0 Å². The molecule has 1 atom stereocenters. The first-order valence-electron chi connectivity index (χ1n) is 10.8. The smallest absolute Gasteiger partial charge is 0.341 e. The summed E-state index contributed by atoms with van der Waals surface area (Å²) in [6.07, 6.45) is 5.93. The van der Waals surface area contributed by atoms with Gasteiger partial charge in [-0.25, -0.2) is 9.18 Å². The fourth-order valence-corrected chi connectivity index (χ4v) is 5.57. The molecule has 0 aromatic carbocycles. The minimum absolute atomic E-state index is 0.0562. The topological polar surface area (TPSA) is 88.0 Å². The second-order valence-electron chi connectivity index (χ2n) is 9.17. The summed E-state index contributed by atoms with van der Waals surface area (Å²) in [7, 11) is 0. The maximum Gasteiger partial charge on any atom is 0.341 e. The number of nitrogens with two attached hydrogens (primary N) is 1. The molecule has 4 rings (SSSR count). The van der Waals surface area contributed by atoms with E-state index in [-0.39, 0.29) is 17.0 Å². The molecule has 162 valence electrons. The van der Waals surface area contributed by atoms with Crippen molar-refractivity contribution < 1.29 is 14.3 Å². The van der Waals surface area contributed by atoms with E-state index in [1.807, 2.05) is 6.92 Å². The van der Waals surface area contributed by atoms with Crippen molar-refractivity contribution in [2.24, 2.45) is 11.1 Å². The number of pyridine rings is 2. The van der Waals surface area contributed by atoms with Crippen LogP contribution in [0.4, 0.5) is 4.39 Å². The summed E-state index contributed by atoms with van der Waals surface area (Å²) in [5.74, 6) is -1.77. The van der Waals surface area contributed by atoms with Crippen LogP contribution in [0, 0.1) is 18.2 Å². The van der Waals surface area contributed by atoms with Crippen molar-refractivity contribution in [3.8, 4) is 0 Å². The molecule has 0 spiro atoms. The Morgan fingerprint density at radius 3 is 2.53 bits per heavy atom. The third-order valence-electron chi connectivity index (χ3n) is 7.56. The fourth-order valence-electron chi connectivity index (χ4n) is 5.57. The van der Waals surface area contributed by atoms with Gasteiger partial charge in [-0.2, -0.15) is 0 Å². The number of carboxylic acid groups (broad SMARTS) is 1. The molecule has 1 aliphatic heterocycles. The maximum atomic E-state index is 15.5. The minimum Gasteiger partial charge on any atom is -0.477 e. The van der Waals surface area contributed by atoms with Crippen LogP contribution in [0.2, 0.25) is 0 Å². The van der Waals surface area contributed by atoms with Gasteiger partial charge in [0.15, 0.2) is 0 Å². The van der Waals surface area contributed by atoms with Crippen LogP contribution in [-0.4, -0.2) is 39.5 Å². The van der Waals surface area contributed by atoms with Gasteiger partial charge in [-0.3, -0.25) is 14.1 Å². The highest BCUT2D eigenvalue weighted by Gasteiger charge is 2.55. The maximum absolute atomic E-state index is 15.5. The van der Waals surface area contributed by atoms with E-state index in [0.717, 1.165) is 55.8 Å². The summed E-state index contributed by atoms with van der Waals surface area (Å²) in [5.41, 5.74) is 6.98. The Morgan fingerprint density at radius 1 is 1.30 bits per heavy atom. The molecule has 2 fully saturated rings. The van der Waals surface area contributed by atoms with E-state index >= 15 is 4.39 Å². The third kappa shape index (κ3) is 3.06. The number of piperidine rings is 1. The van der Waals surface area contributed by atoms with Gasteiger partial charge in [0.2, 0.25) is 0 Å². The van der Waals surface area contributed by atoms with Crippen LogP contribution in [-0.2, 0) is 5.54 Å². The second kappa shape index (κ2) is 7.17. The molecule has 3 N–H and O–H groups in total. The predicted molar refractivity (Wildman–Crippen MR) is 113 cm³/mol. The molecule has 1 saturated heterocycles. The normalized spacial score (nSPS) is 22.9. The lowest BCUT2D eigenvalue weighted by atomic mass is 9.73. The Balaban J connectivity index is 1.84. The van der Waals surface area contributed by atoms with Crippen LogP contribution in [0.15, 0.2) is 23.1 Å². The quantitative estimate of drug-likeness (QED) is 0.783. The number of likely N-dealkylation sites (tertiary alicyclic amines) is 1. The molecule has 0 radical (unpaired) electrons. The molecule has 0 bridgehead atoms. The Kier molecular flexibility index (Phi) is 5.02. The van der Waals surface area contributed by atoms with Crippen molar-refractivity contribution in [2.75, 3.05) is 13.1 Å². The van der Waals surface area contributed by atoms with Crippen molar-refractivity contribution in [1.82, 2.24) is 9.30 Å².